The van der Waals surface area contributed by atoms with Crippen molar-refractivity contribution < 1.29 is 9.90 Å². The van der Waals surface area contributed by atoms with E-state index < -0.39 is 5.97 Å². The molecule has 2 atom stereocenters. The Hall–Kier alpha value is -0.790. The Balaban J connectivity index is 2.32. The standard InChI is InChI=1S/C10H16O2/c1-7-3-4-9(5-7)6-8(2)10(11)12/h7,9H,2-6H2,1H3,(H,11,12). The molecule has 68 valence electrons. The third kappa shape index (κ3) is 2.36. The zero-order chi connectivity index (χ0) is 9.14. The predicted octanol–water partition coefficient (Wildman–Crippen LogP) is 2.45. The van der Waals surface area contributed by atoms with Crippen molar-refractivity contribution in [3.8, 4) is 0 Å². The van der Waals surface area contributed by atoms with Crippen LogP contribution in [0.25, 0.3) is 0 Å². The molecule has 2 unspecified atom stereocenters. The van der Waals surface area contributed by atoms with E-state index in [1.807, 2.05) is 0 Å². The Morgan fingerprint density at radius 1 is 1.58 bits per heavy atom. The second kappa shape index (κ2) is 3.74. The second-order valence-corrected chi connectivity index (χ2v) is 3.90. The average Bonchev–Trinajstić information content (AvgIpc) is 2.35. The summed E-state index contributed by atoms with van der Waals surface area (Å²) in [6.07, 6.45) is 4.27. The van der Waals surface area contributed by atoms with E-state index >= 15 is 0 Å². The van der Waals surface area contributed by atoms with Gasteiger partial charge in [0, 0.05) is 5.57 Å². The molecule has 0 aromatic heterocycles. The maximum atomic E-state index is 10.5. The van der Waals surface area contributed by atoms with Crippen molar-refractivity contribution in [2.75, 3.05) is 0 Å². The van der Waals surface area contributed by atoms with Gasteiger partial charge in [0.15, 0.2) is 0 Å². The van der Waals surface area contributed by atoms with Crippen molar-refractivity contribution in [1.29, 1.82) is 0 Å². The molecule has 12 heavy (non-hydrogen) atoms. The van der Waals surface area contributed by atoms with Crippen LogP contribution in [0.5, 0.6) is 0 Å². The van der Waals surface area contributed by atoms with Gasteiger partial charge in [0.1, 0.15) is 0 Å². The van der Waals surface area contributed by atoms with Crippen LogP contribution >= 0.6 is 0 Å². The lowest BCUT2D eigenvalue weighted by molar-refractivity contribution is -0.132. The van der Waals surface area contributed by atoms with Crippen LogP contribution in [0.2, 0.25) is 0 Å². The van der Waals surface area contributed by atoms with E-state index in [1.54, 1.807) is 0 Å². The summed E-state index contributed by atoms with van der Waals surface area (Å²) in [7, 11) is 0. The first-order valence-electron chi connectivity index (χ1n) is 4.50. The number of rotatable bonds is 3. The lowest BCUT2D eigenvalue weighted by Gasteiger charge is -2.08. The number of carboxylic acid groups (broad SMARTS) is 1. The minimum absolute atomic E-state index is 0.370. The summed E-state index contributed by atoms with van der Waals surface area (Å²) in [6.45, 7) is 5.77. The maximum absolute atomic E-state index is 10.5. The molecule has 0 aromatic carbocycles. The normalized spacial score (nSPS) is 28.8. The zero-order valence-electron chi connectivity index (χ0n) is 7.55. The quantitative estimate of drug-likeness (QED) is 0.657. The summed E-state index contributed by atoms with van der Waals surface area (Å²) in [5, 5.41) is 8.61. The summed E-state index contributed by atoms with van der Waals surface area (Å²) in [5.41, 5.74) is 0.370. The van der Waals surface area contributed by atoms with Gasteiger partial charge in [0.2, 0.25) is 0 Å². The summed E-state index contributed by atoms with van der Waals surface area (Å²) in [6, 6.07) is 0. The molecule has 2 nitrogen and oxygen atoms in total. The molecule has 0 saturated heterocycles. The Bertz CT molecular complexity index is 196. The Kier molecular flexibility index (Phi) is 2.90. The minimum Gasteiger partial charge on any atom is -0.478 e. The van der Waals surface area contributed by atoms with Gasteiger partial charge in [0.05, 0.1) is 0 Å². The van der Waals surface area contributed by atoms with Gasteiger partial charge in [-0.05, 0) is 31.1 Å². The molecule has 0 bridgehead atoms. The highest BCUT2D eigenvalue weighted by atomic mass is 16.4. The van der Waals surface area contributed by atoms with Crippen molar-refractivity contribution in [3.63, 3.8) is 0 Å². The Morgan fingerprint density at radius 2 is 2.25 bits per heavy atom. The van der Waals surface area contributed by atoms with Crippen LogP contribution in [0.3, 0.4) is 0 Å². The van der Waals surface area contributed by atoms with Crippen molar-refractivity contribution >= 4 is 5.97 Å². The maximum Gasteiger partial charge on any atom is 0.330 e. The molecule has 1 aliphatic rings. The first kappa shape index (κ1) is 9.30. The van der Waals surface area contributed by atoms with Gasteiger partial charge in [-0.15, -0.1) is 0 Å². The molecule has 0 spiro atoms. The second-order valence-electron chi connectivity index (χ2n) is 3.90. The van der Waals surface area contributed by atoms with Gasteiger partial charge in [-0.25, -0.2) is 4.79 Å². The molecular formula is C10H16O2. The van der Waals surface area contributed by atoms with Gasteiger partial charge in [-0.3, -0.25) is 0 Å². The smallest absolute Gasteiger partial charge is 0.330 e. The van der Waals surface area contributed by atoms with Crippen LogP contribution in [0, 0.1) is 11.8 Å². The van der Waals surface area contributed by atoms with Crippen LogP contribution in [-0.4, -0.2) is 11.1 Å². The fourth-order valence-corrected chi connectivity index (χ4v) is 1.95. The minimum atomic E-state index is -0.838. The molecule has 1 saturated carbocycles. The molecule has 1 aliphatic carbocycles. The summed E-state index contributed by atoms with van der Waals surface area (Å²) in [5.74, 6) is 0.509. The third-order valence-electron chi connectivity index (χ3n) is 2.64. The topological polar surface area (TPSA) is 37.3 Å². The van der Waals surface area contributed by atoms with Crippen molar-refractivity contribution in [2.24, 2.45) is 11.8 Å². The Morgan fingerprint density at radius 3 is 2.67 bits per heavy atom. The number of carboxylic acids is 1. The monoisotopic (exact) mass is 168 g/mol. The third-order valence-corrected chi connectivity index (χ3v) is 2.64. The van der Waals surface area contributed by atoms with Crippen LogP contribution in [0.15, 0.2) is 12.2 Å². The van der Waals surface area contributed by atoms with Crippen molar-refractivity contribution in [1.82, 2.24) is 0 Å². The molecule has 1 fully saturated rings. The van der Waals surface area contributed by atoms with Crippen LogP contribution < -0.4 is 0 Å². The molecule has 2 heteroatoms. The highest BCUT2D eigenvalue weighted by Gasteiger charge is 2.22. The fraction of sp³-hybridized carbons (Fsp3) is 0.700. The van der Waals surface area contributed by atoms with E-state index in [9.17, 15) is 4.79 Å². The molecule has 1 N–H and O–H groups in total. The molecule has 0 aromatic rings. The van der Waals surface area contributed by atoms with E-state index in [0.717, 1.165) is 5.92 Å². The molecule has 0 aliphatic heterocycles. The van der Waals surface area contributed by atoms with E-state index in [4.69, 9.17) is 5.11 Å². The lowest BCUT2D eigenvalue weighted by atomic mass is 9.98. The van der Waals surface area contributed by atoms with Crippen LogP contribution in [0.1, 0.15) is 32.6 Å². The van der Waals surface area contributed by atoms with Gasteiger partial charge >= 0.3 is 5.97 Å². The van der Waals surface area contributed by atoms with Crippen LogP contribution in [0.4, 0.5) is 0 Å². The SMILES string of the molecule is C=C(CC1CCC(C)C1)C(=O)O. The van der Waals surface area contributed by atoms with Gasteiger partial charge in [-0.2, -0.15) is 0 Å². The first-order valence-corrected chi connectivity index (χ1v) is 4.50. The summed E-state index contributed by atoms with van der Waals surface area (Å²) >= 11 is 0. The lowest BCUT2D eigenvalue weighted by Crippen LogP contribution is -2.04. The molecule has 1 rings (SSSR count). The van der Waals surface area contributed by atoms with Crippen molar-refractivity contribution in [2.45, 2.75) is 32.6 Å². The van der Waals surface area contributed by atoms with E-state index in [0.29, 0.717) is 17.9 Å². The van der Waals surface area contributed by atoms with E-state index in [1.165, 1.54) is 19.3 Å². The first-order chi connectivity index (χ1) is 5.59. The van der Waals surface area contributed by atoms with Gasteiger partial charge in [-0.1, -0.05) is 19.9 Å². The van der Waals surface area contributed by atoms with Gasteiger partial charge < -0.3 is 5.11 Å². The Labute approximate surface area is 73.3 Å². The van der Waals surface area contributed by atoms with Gasteiger partial charge in [0.25, 0.3) is 0 Å². The number of aliphatic carboxylic acids is 1. The van der Waals surface area contributed by atoms with E-state index in [2.05, 4.69) is 13.5 Å². The highest BCUT2D eigenvalue weighted by molar-refractivity contribution is 5.85. The molecule has 0 amide bonds. The van der Waals surface area contributed by atoms with Crippen LogP contribution in [-0.2, 0) is 4.79 Å². The van der Waals surface area contributed by atoms with E-state index in [-0.39, 0.29) is 0 Å². The molecule has 0 radical (unpaired) electrons. The largest absolute Gasteiger partial charge is 0.478 e. The molecule has 0 heterocycles. The number of hydrogen-bond donors (Lipinski definition) is 1. The number of carbonyl (C=O) groups is 1. The zero-order valence-corrected chi connectivity index (χ0v) is 7.55. The summed E-state index contributed by atoms with van der Waals surface area (Å²) < 4.78 is 0. The average molecular weight is 168 g/mol. The number of hydrogen-bond acceptors (Lipinski definition) is 1. The summed E-state index contributed by atoms with van der Waals surface area (Å²) in [4.78, 5) is 10.5. The fourth-order valence-electron chi connectivity index (χ4n) is 1.95. The molecular weight excluding hydrogens is 152 g/mol. The predicted molar refractivity (Wildman–Crippen MR) is 47.9 cm³/mol. The highest BCUT2D eigenvalue weighted by Crippen LogP contribution is 2.33. The van der Waals surface area contributed by atoms with Crippen molar-refractivity contribution in [3.05, 3.63) is 12.2 Å².